The molecule has 74 heavy (non-hydrogen) atoms. The van der Waals surface area contributed by atoms with Gasteiger partial charge in [-0.15, -0.1) is 0 Å². The van der Waals surface area contributed by atoms with Gasteiger partial charge in [0.15, 0.2) is 0 Å². The van der Waals surface area contributed by atoms with Crippen LogP contribution >= 0.6 is 0 Å². The zero-order valence-corrected chi connectivity index (χ0v) is 41.1. The van der Waals surface area contributed by atoms with Gasteiger partial charge in [-0.3, -0.25) is 4.99 Å². The smallest absolute Gasteiger partial charge is 0.115 e. The maximum absolute atomic E-state index is 5.56. The second-order valence-corrected chi connectivity index (χ2v) is 20.9. The normalized spacial score (nSPS) is 14.8. The molecule has 0 saturated heterocycles. The summed E-state index contributed by atoms with van der Waals surface area (Å²) in [5.41, 5.74) is 24.5. The first-order chi connectivity index (χ1) is 36.5. The molecule has 3 aromatic heterocycles. The van der Waals surface area contributed by atoms with Crippen LogP contribution in [0.2, 0.25) is 0 Å². The second-order valence-electron chi connectivity index (χ2n) is 20.9. The van der Waals surface area contributed by atoms with Crippen molar-refractivity contribution in [2.75, 3.05) is 0 Å². The molecule has 0 radical (unpaired) electrons. The molecule has 0 N–H and O–H groups in total. The minimum Gasteiger partial charge on any atom is -0.320 e. The van der Waals surface area contributed by atoms with Gasteiger partial charge in [-0.1, -0.05) is 208 Å². The number of fused-ring (bicyclic) bond motifs is 18. The quantitative estimate of drug-likeness (QED) is 0.164. The molecule has 0 amide bonds. The standard InChI is InChI=1S/C71H47N3/c1-71(2)61-41-48(32-35-52(61)55-36-31-46-33-38-65-67(66(46)68(55)71)58-24-14-23-57-53-20-11-13-26-64(53)74(65)70(57)58)45-29-27-44(28-30-45)47-34-37-63-59(40-47)54-21-10-12-25-62(54)73(63)42-72-69-56-22-9-8-18-50(56)49-17-6-7-19-51(49)60(69)39-43-15-4-3-5-16-43/h3-41H,42H2,1-2H3/b60-39+,72-69-. The fourth-order valence-corrected chi connectivity index (χ4v) is 13.4. The van der Waals surface area contributed by atoms with Crippen LogP contribution in [0.1, 0.15) is 41.7 Å². The van der Waals surface area contributed by atoms with Gasteiger partial charge in [-0.2, -0.15) is 0 Å². The molecule has 0 fully saturated rings. The fraction of sp³-hybridized carbons (Fsp3) is 0.0563. The van der Waals surface area contributed by atoms with Crippen LogP contribution in [-0.2, 0) is 12.1 Å². The topological polar surface area (TPSA) is 21.7 Å². The Bertz CT molecular complexity index is 4750. The molecule has 0 unspecified atom stereocenters. The number of benzene rings is 11. The van der Waals surface area contributed by atoms with E-state index in [9.17, 15) is 0 Å². The Balaban J connectivity index is 0.755. The largest absolute Gasteiger partial charge is 0.320 e. The van der Waals surface area contributed by atoms with Gasteiger partial charge in [0.25, 0.3) is 0 Å². The summed E-state index contributed by atoms with van der Waals surface area (Å²) in [6.07, 6.45) is 2.30. The summed E-state index contributed by atoms with van der Waals surface area (Å²) in [6.45, 7) is 5.35. The number of aliphatic imine (C=N–C) groups is 1. The third-order valence-electron chi connectivity index (χ3n) is 16.7. The van der Waals surface area contributed by atoms with Crippen molar-refractivity contribution >= 4 is 88.0 Å². The second kappa shape index (κ2) is 15.4. The Morgan fingerprint density at radius 1 is 0.405 bits per heavy atom. The van der Waals surface area contributed by atoms with Gasteiger partial charge in [0, 0.05) is 48.9 Å². The number of rotatable bonds is 5. The third-order valence-corrected chi connectivity index (χ3v) is 16.7. The average molecular weight is 942 g/mol. The predicted molar refractivity (Wildman–Crippen MR) is 313 cm³/mol. The summed E-state index contributed by atoms with van der Waals surface area (Å²) in [4.78, 5) is 5.56. The monoisotopic (exact) mass is 941 g/mol. The highest BCUT2D eigenvalue weighted by Crippen LogP contribution is 2.55. The molecule has 0 atom stereocenters. The van der Waals surface area contributed by atoms with Crippen molar-refractivity contribution in [3.63, 3.8) is 0 Å². The maximum atomic E-state index is 5.56. The highest BCUT2D eigenvalue weighted by molar-refractivity contribution is 6.39. The van der Waals surface area contributed by atoms with Crippen molar-refractivity contribution in [2.24, 2.45) is 4.99 Å². The van der Waals surface area contributed by atoms with Crippen molar-refractivity contribution in [1.82, 2.24) is 8.97 Å². The van der Waals surface area contributed by atoms with E-state index in [0.717, 1.165) is 22.4 Å². The van der Waals surface area contributed by atoms with Crippen LogP contribution in [0, 0.1) is 0 Å². The van der Waals surface area contributed by atoms with E-state index in [2.05, 4.69) is 259 Å². The highest BCUT2D eigenvalue weighted by Gasteiger charge is 2.38. The van der Waals surface area contributed by atoms with Crippen molar-refractivity contribution in [3.8, 4) is 44.5 Å². The van der Waals surface area contributed by atoms with Crippen LogP contribution in [0.15, 0.2) is 236 Å². The zero-order valence-electron chi connectivity index (χ0n) is 41.1. The Labute approximate surface area is 428 Å². The Morgan fingerprint density at radius 3 is 1.77 bits per heavy atom. The minimum absolute atomic E-state index is 0.212. The van der Waals surface area contributed by atoms with Crippen LogP contribution in [0.25, 0.3) is 127 Å². The number of hydrogen-bond acceptors (Lipinski definition) is 1. The van der Waals surface area contributed by atoms with Crippen LogP contribution < -0.4 is 0 Å². The average Bonchev–Trinajstić information content (AvgIpc) is 4.21. The van der Waals surface area contributed by atoms with Crippen LogP contribution in [-0.4, -0.2) is 14.7 Å². The van der Waals surface area contributed by atoms with Gasteiger partial charge < -0.3 is 8.97 Å². The molecular weight excluding hydrogens is 895 g/mol. The Morgan fingerprint density at radius 2 is 0.973 bits per heavy atom. The van der Waals surface area contributed by atoms with Gasteiger partial charge in [-0.25, -0.2) is 0 Å². The van der Waals surface area contributed by atoms with E-state index in [1.807, 2.05) is 0 Å². The molecule has 3 nitrogen and oxygen atoms in total. The van der Waals surface area contributed by atoms with E-state index in [4.69, 9.17) is 4.99 Å². The summed E-state index contributed by atoms with van der Waals surface area (Å²) in [6, 6.07) is 85.3. The lowest BCUT2D eigenvalue weighted by Gasteiger charge is -2.25. The SMILES string of the molecule is CC1(C)c2cc(-c3ccc(-c4ccc5c(c4)c4ccccc4n5C/N=C4\C(=C\c5ccccc5)c5ccccc5-c5ccccc54)cc3)ccc2-c2ccc3ccc4c(c5cccc6c7ccccc7n4c65)c3c21. The van der Waals surface area contributed by atoms with Gasteiger partial charge in [0.2, 0.25) is 0 Å². The summed E-state index contributed by atoms with van der Waals surface area (Å²) >= 11 is 0. The molecule has 2 aliphatic carbocycles. The van der Waals surface area contributed by atoms with Crippen molar-refractivity contribution in [3.05, 3.63) is 258 Å². The zero-order chi connectivity index (χ0) is 48.8. The van der Waals surface area contributed by atoms with E-state index >= 15 is 0 Å². The maximum Gasteiger partial charge on any atom is 0.115 e. The van der Waals surface area contributed by atoms with Crippen molar-refractivity contribution in [2.45, 2.75) is 25.9 Å². The van der Waals surface area contributed by atoms with Crippen LogP contribution in [0.5, 0.6) is 0 Å². The predicted octanol–water partition coefficient (Wildman–Crippen LogP) is 18.4. The first-order valence-corrected chi connectivity index (χ1v) is 25.9. The molecule has 3 heterocycles. The number of para-hydroxylation sites is 3. The Hall–Kier alpha value is -9.31. The molecule has 346 valence electrons. The molecule has 0 bridgehead atoms. The molecule has 14 aromatic rings. The molecule has 3 heteroatoms. The number of nitrogens with zero attached hydrogens (tertiary/aromatic N) is 3. The van der Waals surface area contributed by atoms with Gasteiger partial charge in [0.1, 0.15) is 6.67 Å². The summed E-state index contributed by atoms with van der Waals surface area (Å²) < 4.78 is 4.90. The van der Waals surface area contributed by atoms with E-state index in [0.29, 0.717) is 6.67 Å². The number of hydrogen-bond donors (Lipinski definition) is 0. The minimum atomic E-state index is -0.212. The van der Waals surface area contributed by atoms with Crippen LogP contribution in [0.3, 0.4) is 0 Å². The molecular formula is C71H47N3. The van der Waals surface area contributed by atoms with E-state index in [1.165, 1.54) is 132 Å². The lowest BCUT2D eigenvalue weighted by atomic mass is 9.79. The molecule has 11 aromatic carbocycles. The van der Waals surface area contributed by atoms with Crippen molar-refractivity contribution < 1.29 is 0 Å². The first kappa shape index (κ1) is 41.3. The fourth-order valence-electron chi connectivity index (χ4n) is 13.4. The summed E-state index contributed by atoms with van der Waals surface area (Å²) in [7, 11) is 0. The molecule has 0 spiro atoms. The van der Waals surface area contributed by atoms with Gasteiger partial charge in [0.05, 0.1) is 33.3 Å². The summed E-state index contributed by atoms with van der Waals surface area (Å²) in [5, 5.41) is 10.5. The molecule has 0 saturated carbocycles. The highest BCUT2D eigenvalue weighted by atomic mass is 15.1. The Kier molecular flexibility index (Phi) is 8.57. The lowest BCUT2D eigenvalue weighted by molar-refractivity contribution is 0.667. The molecule has 0 aliphatic heterocycles. The lowest BCUT2D eigenvalue weighted by Crippen LogP contribution is -2.15. The number of allylic oxidation sites excluding steroid dienone is 1. The van der Waals surface area contributed by atoms with Gasteiger partial charge >= 0.3 is 0 Å². The molecule has 16 rings (SSSR count). The van der Waals surface area contributed by atoms with Crippen LogP contribution in [0.4, 0.5) is 0 Å². The number of aromatic nitrogens is 2. The van der Waals surface area contributed by atoms with Crippen molar-refractivity contribution in [1.29, 1.82) is 0 Å². The first-order valence-electron chi connectivity index (χ1n) is 25.9. The van der Waals surface area contributed by atoms with E-state index in [1.54, 1.807) is 0 Å². The third kappa shape index (κ3) is 5.75. The molecule has 2 aliphatic rings. The summed E-state index contributed by atoms with van der Waals surface area (Å²) in [5.74, 6) is 0. The van der Waals surface area contributed by atoms with Gasteiger partial charge in [-0.05, 0) is 120 Å². The van der Waals surface area contributed by atoms with E-state index in [-0.39, 0.29) is 5.41 Å². The van der Waals surface area contributed by atoms with E-state index < -0.39 is 0 Å².